The van der Waals surface area contributed by atoms with Gasteiger partial charge in [-0.25, -0.2) is 9.78 Å². The summed E-state index contributed by atoms with van der Waals surface area (Å²) < 4.78 is 6.77. The molecule has 1 aliphatic carbocycles. The van der Waals surface area contributed by atoms with Crippen molar-refractivity contribution in [1.82, 2.24) is 14.7 Å². The SMILES string of the molecule is O=C(COC(=O)c1cn2ccccc2n1)NC1CCCCC1. The third-order valence-corrected chi connectivity index (χ3v) is 3.88. The highest BCUT2D eigenvalue weighted by molar-refractivity contribution is 5.90. The molecule has 1 N–H and O–H groups in total. The Morgan fingerprint density at radius 1 is 1.27 bits per heavy atom. The highest BCUT2D eigenvalue weighted by Gasteiger charge is 2.18. The number of amides is 1. The number of imidazole rings is 1. The van der Waals surface area contributed by atoms with Crippen LogP contribution >= 0.6 is 0 Å². The lowest BCUT2D eigenvalue weighted by atomic mass is 9.95. The van der Waals surface area contributed by atoms with E-state index in [1.165, 1.54) is 6.42 Å². The normalized spacial score (nSPS) is 15.6. The third-order valence-electron chi connectivity index (χ3n) is 3.88. The van der Waals surface area contributed by atoms with E-state index < -0.39 is 5.97 Å². The first-order valence-electron chi connectivity index (χ1n) is 7.62. The van der Waals surface area contributed by atoms with Gasteiger partial charge in [-0.1, -0.05) is 25.3 Å². The second-order valence-corrected chi connectivity index (χ2v) is 5.57. The van der Waals surface area contributed by atoms with Crippen LogP contribution in [0.15, 0.2) is 30.6 Å². The lowest BCUT2D eigenvalue weighted by molar-refractivity contribution is -0.125. The van der Waals surface area contributed by atoms with Crippen LogP contribution in [-0.4, -0.2) is 33.9 Å². The molecule has 2 aromatic rings. The standard InChI is InChI=1S/C16H19N3O3/c20-15(17-12-6-2-1-3-7-12)11-22-16(21)13-10-19-9-5-4-8-14(19)18-13/h4-5,8-10,12H,1-3,6-7,11H2,(H,17,20). The molecule has 116 valence electrons. The highest BCUT2D eigenvalue weighted by Crippen LogP contribution is 2.17. The van der Waals surface area contributed by atoms with Crippen LogP contribution in [0.25, 0.3) is 5.65 Å². The average Bonchev–Trinajstić information content (AvgIpc) is 2.98. The third kappa shape index (κ3) is 3.44. The number of carbonyl (C=O) groups excluding carboxylic acids is 2. The number of hydrogen-bond donors (Lipinski definition) is 1. The molecule has 0 aromatic carbocycles. The molecule has 0 aliphatic heterocycles. The average molecular weight is 301 g/mol. The molecule has 0 saturated heterocycles. The van der Waals surface area contributed by atoms with Gasteiger partial charge in [0.25, 0.3) is 5.91 Å². The highest BCUT2D eigenvalue weighted by atomic mass is 16.5. The quantitative estimate of drug-likeness (QED) is 0.876. The number of ether oxygens (including phenoxy) is 1. The summed E-state index contributed by atoms with van der Waals surface area (Å²) in [5, 5.41) is 2.91. The Balaban J connectivity index is 1.52. The Bertz CT molecular complexity index is 641. The lowest BCUT2D eigenvalue weighted by Gasteiger charge is -2.22. The van der Waals surface area contributed by atoms with Gasteiger partial charge >= 0.3 is 5.97 Å². The molecule has 2 heterocycles. The summed E-state index contributed by atoms with van der Waals surface area (Å²) in [6.45, 7) is -0.261. The zero-order chi connectivity index (χ0) is 15.4. The molecule has 0 atom stereocenters. The van der Waals surface area contributed by atoms with Crippen LogP contribution in [0.5, 0.6) is 0 Å². The summed E-state index contributed by atoms with van der Waals surface area (Å²) in [7, 11) is 0. The van der Waals surface area contributed by atoms with Crippen LogP contribution < -0.4 is 5.32 Å². The van der Waals surface area contributed by atoms with Gasteiger partial charge in [-0.3, -0.25) is 4.79 Å². The minimum absolute atomic E-state index is 0.205. The number of fused-ring (bicyclic) bond motifs is 1. The van der Waals surface area contributed by atoms with Crippen LogP contribution in [-0.2, 0) is 9.53 Å². The summed E-state index contributed by atoms with van der Waals surface area (Å²) in [5.74, 6) is -0.827. The van der Waals surface area contributed by atoms with Crippen LogP contribution in [0.4, 0.5) is 0 Å². The van der Waals surface area contributed by atoms with Crippen molar-refractivity contribution in [3.05, 3.63) is 36.3 Å². The summed E-state index contributed by atoms with van der Waals surface area (Å²) in [5.41, 5.74) is 0.873. The van der Waals surface area contributed by atoms with Gasteiger partial charge in [0.1, 0.15) is 5.65 Å². The van der Waals surface area contributed by atoms with Gasteiger partial charge in [-0.05, 0) is 25.0 Å². The summed E-state index contributed by atoms with van der Waals surface area (Å²) in [4.78, 5) is 27.9. The zero-order valence-corrected chi connectivity index (χ0v) is 12.3. The zero-order valence-electron chi connectivity index (χ0n) is 12.3. The number of carbonyl (C=O) groups is 2. The number of esters is 1. The molecule has 0 radical (unpaired) electrons. The van der Waals surface area contributed by atoms with Crippen molar-refractivity contribution >= 4 is 17.5 Å². The minimum atomic E-state index is -0.581. The molecule has 6 heteroatoms. The number of hydrogen-bond acceptors (Lipinski definition) is 4. The van der Waals surface area contributed by atoms with E-state index in [1.807, 2.05) is 12.1 Å². The fourth-order valence-corrected chi connectivity index (χ4v) is 2.75. The molecule has 6 nitrogen and oxygen atoms in total. The Kier molecular flexibility index (Phi) is 4.37. The summed E-state index contributed by atoms with van der Waals surface area (Å²) in [6, 6.07) is 5.71. The molecule has 0 spiro atoms. The van der Waals surface area contributed by atoms with Gasteiger partial charge < -0.3 is 14.5 Å². The van der Waals surface area contributed by atoms with Crippen molar-refractivity contribution in [3.63, 3.8) is 0 Å². The summed E-state index contributed by atoms with van der Waals surface area (Å²) in [6.07, 6.45) is 8.93. The van der Waals surface area contributed by atoms with Gasteiger partial charge in [-0.15, -0.1) is 0 Å². The van der Waals surface area contributed by atoms with Crippen molar-refractivity contribution in [2.45, 2.75) is 38.1 Å². The van der Waals surface area contributed by atoms with Gasteiger partial charge in [-0.2, -0.15) is 0 Å². The molecule has 1 fully saturated rings. The van der Waals surface area contributed by atoms with Crippen LogP contribution in [0.2, 0.25) is 0 Å². The van der Waals surface area contributed by atoms with E-state index in [4.69, 9.17) is 4.74 Å². The molecule has 3 rings (SSSR count). The van der Waals surface area contributed by atoms with E-state index in [1.54, 1.807) is 22.9 Å². The molecular formula is C16H19N3O3. The Labute approximate surface area is 128 Å². The van der Waals surface area contributed by atoms with Crippen molar-refractivity contribution in [1.29, 1.82) is 0 Å². The van der Waals surface area contributed by atoms with Crippen LogP contribution in [0, 0.1) is 0 Å². The number of rotatable bonds is 4. The maximum absolute atomic E-state index is 11.9. The first-order valence-corrected chi connectivity index (χ1v) is 7.62. The second kappa shape index (κ2) is 6.60. The van der Waals surface area contributed by atoms with E-state index >= 15 is 0 Å². The van der Waals surface area contributed by atoms with Crippen LogP contribution in [0.3, 0.4) is 0 Å². The topological polar surface area (TPSA) is 72.7 Å². The first kappa shape index (κ1) is 14.6. The van der Waals surface area contributed by atoms with Gasteiger partial charge in [0.05, 0.1) is 0 Å². The van der Waals surface area contributed by atoms with Gasteiger partial charge in [0, 0.05) is 18.4 Å². The number of pyridine rings is 1. The number of nitrogens with one attached hydrogen (secondary N) is 1. The number of aromatic nitrogens is 2. The van der Waals surface area contributed by atoms with E-state index in [9.17, 15) is 9.59 Å². The molecule has 1 amide bonds. The van der Waals surface area contributed by atoms with E-state index in [0.717, 1.165) is 25.7 Å². The summed E-state index contributed by atoms with van der Waals surface area (Å²) >= 11 is 0. The van der Waals surface area contributed by atoms with E-state index in [0.29, 0.717) is 5.65 Å². The maximum atomic E-state index is 11.9. The van der Waals surface area contributed by atoms with Crippen molar-refractivity contribution in [3.8, 4) is 0 Å². The monoisotopic (exact) mass is 301 g/mol. The maximum Gasteiger partial charge on any atom is 0.359 e. The van der Waals surface area contributed by atoms with E-state index in [2.05, 4.69) is 10.3 Å². The predicted molar refractivity (Wildman–Crippen MR) is 80.5 cm³/mol. The Hall–Kier alpha value is -2.37. The van der Waals surface area contributed by atoms with Gasteiger partial charge in [0.2, 0.25) is 0 Å². The second-order valence-electron chi connectivity index (χ2n) is 5.57. The number of nitrogens with zero attached hydrogens (tertiary/aromatic N) is 2. The molecule has 0 bridgehead atoms. The Morgan fingerprint density at radius 3 is 2.86 bits per heavy atom. The van der Waals surface area contributed by atoms with Crippen molar-refractivity contribution < 1.29 is 14.3 Å². The fraction of sp³-hybridized carbons (Fsp3) is 0.438. The van der Waals surface area contributed by atoms with Crippen molar-refractivity contribution in [2.24, 2.45) is 0 Å². The predicted octanol–water partition coefficient (Wildman–Crippen LogP) is 1.94. The lowest BCUT2D eigenvalue weighted by Crippen LogP contribution is -2.38. The molecule has 1 aliphatic rings. The van der Waals surface area contributed by atoms with Crippen molar-refractivity contribution in [2.75, 3.05) is 6.61 Å². The largest absolute Gasteiger partial charge is 0.451 e. The minimum Gasteiger partial charge on any atom is -0.451 e. The smallest absolute Gasteiger partial charge is 0.359 e. The van der Waals surface area contributed by atoms with Gasteiger partial charge in [0.15, 0.2) is 12.3 Å². The van der Waals surface area contributed by atoms with E-state index in [-0.39, 0.29) is 24.2 Å². The molecule has 22 heavy (non-hydrogen) atoms. The Morgan fingerprint density at radius 2 is 2.09 bits per heavy atom. The fourth-order valence-electron chi connectivity index (χ4n) is 2.75. The molecular weight excluding hydrogens is 282 g/mol. The molecule has 2 aromatic heterocycles. The molecule has 1 saturated carbocycles. The first-order chi connectivity index (χ1) is 10.7. The molecule has 0 unspecified atom stereocenters. The van der Waals surface area contributed by atoms with Crippen LogP contribution in [0.1, 0.15) is 42.6 Å².